The first kappa shape index (κ1) is 23.6. The van der Waals surface area contributed by atoms with Crippen molar-refractivity contribution in [1.82, 2.24) is 35.9 Å². The molecule has 0 spiro atoms. The van der Waals surface area contributed by atoms with E-state index in [-0.39, 0.29) is 17.7 Å². The Morgan fingerprint density at radius 2 is 1.84 bits per heavy atom. The number of aromatic nitrogens is 6. The van der Waals surface area contributed by atoms with Crippen LogP contribution in [0.1, 0.15) is 72.5 Å². The van der Waals surface area contributed by atoms with Crippen LogP contribution in [0.4, 0.5) is 5.95 Å². The molecule has 3 N–H and O–H groups in total. The van der Waals surface area contributed by atoms with Crippen molar-refractivity contribution in [3.63, 3.8) is 0 Å². The van der Waals surface area contributed by atoms with Crippen LogP contribution >= 0.6 is 0 Å². The summed E-state index contributed by atoms with van der Waals surface area (Å²) in [6.07, 6.45) is 6.39. The molecule has 3 heterocycles. The SMILES string of the molecule is Cc1cc2[nH]c(N3CCC(C(=O)NC4CCCC4)CC3)nc2c(C(c2ccccc2)c2nn[nH]n2)c1C. The molecule has 1 amide bonds. The van der Waals surface area contributed by atoms with Crippen LogP contribution in [0.25, 0.3) is 11.0 Å². The lowest BCUT2D eigenvalue weighted by atomic mass is 9.85. The molecule has 1 aliphatic carbocycles. The number of aromatic amines is 2. The molecule has 1 unspecified atom stereocenters. The van der Waals surface area contributed by atoms with Gasteiger partial charge in [0.15, 0.2) is 5.82 Å². The second-order valence-corrected chi connectivity index (χ2v) is 10.6. The first-order chi connectivity index (χ1) is 18.1. The highest BCUT2D eigenvalue weighted by atomic mass is 16.2. The maximum Gasteiger partial charge on any atom is 0.223 e. The fourth-order valence-corrected chi connectivity index (χ4v) is 6.03. The maximum atomic E-state index is 12.8. The van der Waals surface area contributed by atoms with Gasteiger partial charge in [0.05, 0.1) is 17.0 Å². The van der Waals surface area contributed by atoms with Crippen molar-refractivity contribution in [3.05, 3.63) is 64.5 Å². The van der Waals surface area contributed by atoms with E-state index < -0.39 is 0 Å². The van der Waals surface area contributed by atoms with Gasteiger partial charge in [0.1, 0.15) is 0 Å². The number of H-pyrrole nitrogens is 2. The Balaban J connectivity index is 1.30. The molecule has 2 aromatic carbocycles. The largest absolute Gasteiger partial charge is 0.353 e. The molecule has 9 heteroatoms. The number of tetrazole rings is 1. The van der Waals surface area contributed by atoms with Crippen LogP contribution in [-0.2, 0) is 4.79 Å². The van der Waals surface area contributed by atoms with Crippen LogP contribution in [0.3, 0.4) is 0 Å². The summed E-state index contributed by atoms with van der Waals surface area (Å²) in [5, 5.41) is 18.5. The minimum Gasteiger partial charge on any atom is -0.353 e. The Morgan fingerprint density at radius 3 is 2.54 bits per heavy atom. The molecule has 6 rings (SSSR count). The first-order valence-electron chi connectivity index (χ1n) is 13.4. The quantitative estimate of drug-likeness (QED) is 0.368. The number of nitrogens with one attached hydrogen (secondary N) is 3. The number of nitrogens with zero attached hydrogens (tertiary/aromatic N) is 5. The van der Waals surface area contributed by atoms with Crippen LogP contribution < -0.4 is 10.2 Å². The number of carbonyl (C=O) groups is 1. The van der Waals surface area contributed by atoms with E-state index >= 15 is 0 Å². The second-order valence-electron chi connectivity index (χ2n) is 10.6. The summed E-state index contributed by atoms with van der Waals surface area (Å²) in [5.41, 5.74) is 6.47. The van der Waals surface area contributed by atoms with E-state index in [2.05, 4.69) is 67.9 Å². The number of anilines is 1. The van der Waals surface area contributed by atoms with Gasteiger partial charge in [-0.05, 0) is 67.9 Å². The lowest BCUT2D eigenvalue weighted by molar-refractivity contribution is -0.126. The molecule has 2 aliphatic rings. The Kier molecular flexibility index (Phi) is 6.36. The van der Waals surface area contributed by atoms with Gasteiger partial charge in [0.25, 0.3) is 0 Å². The van der Waals surface area contributed by atoms with Gasteiger partial charge < -0.3 is 15.2 Å². The minimum atomic E-state index is -0.191. The number of rotatable bonds is 6. The Bertz CT molecular complexity index is 1370. The average molecular weight is 499 g/mol. The fourth-order valence-electron chi connectivity index (χ4n) is 6.03. The van der Waals surface area contributed by atoms with E-state index in [0.717, 1.165) is 66.9 Å². The van der Waals surface area contributed by atoms with Crippen LogP contribution in [-0.4, -0.2) is 55.6 Å². The van der Waals surface area contributed by atoms with E-state index in [1.54, 1.807) is 0 Å². The summed E-state index contributed by atoms with van der Waals surface area (Å²) in [6, 6.07) is 12.8. The van der Waals surface area contributed by atoms with E-state index in [4.69, 9.17) is 4.98 Å². The number of amides is 1. The highest BCUT2D eigenvalue weighted by Crippen LogP contribution is 2.38. The molecular weight excluding hydrogens is 464 g/mol. The molecule has 1 saturated carbocycles. The van der Waals surface area contributed by atoms with Crippen LogP contribution in [0.5, 0.6) is 0 Å². The van der Waals surface area contributed by atoms with E-state index in [9.17, 15) is 4.79 Å². The molecule has 2 aromatic heterocycles. The molecular formula is C28H34N8O. The summed E-state index contributed by atoms with van der Waals surface area (Å²) in [4.78, 5) is 23.8. The maximum absolute atomic E-state index is 12.8. The first-order valence-corrected chi connectivity index (χ1v) is 13.4. The Morgan fingerprint density at radius 1 is 1.08 bits per heavy atom. The third kappa shape index (κ3) is 4.58. The highest BCUT2D eigenvalue weighted by molar-refractivity contribution is 5.85. The molecule has 0 radical (unpaired) electrons. The van der Waals surface area contributed by atoms with Crippen molar-refractivity contribution >= 4 is 22.9 Å². The highest BCUT2D eigenvalue weighted by Gasteiger charge is 2.30. The molecule has 9 nitrogen and oxygen atoms in total. The molecule has 1 saturated heterocycles. The van der Waals surface area contributed by atoms with Crippen LogP contribution in [0.15, 0.2) is 36.4 Å². The van der Waals surface area contributed by atoms with E-state index in [1.165, 1.54) is 24.0 Å². The zero-order valence-corrected chi connectivity index (χ0v) is 21.5. The zero-order chi connectivity index (χ0) is 25.4. The van der Waals surface area contributed by atoms with Crippen molar-refractivity contribution < 1.29 is 4.79 Å². The summed E-state index contributed by atoms with van der Waals surface area (Å²) < 4.78 is 0. The number of fused-ring (bicyclic) bond motifs is 1. The predicted octanol–water partition coefficient (Wildman–Crippen LogP) is 4.15. The third-order valence-electron chi connectivity index (χ3n) is 8.24. The van der Waals surface area contributed by atoms with Crippen molar-refractivity contribution in [2.75, 3.05) is 18.0 Å². The number of piperidine rings is 1. The smallest absolute Gasteiger partial charge is 0.223 e. The fraction of sp³-hybridized carbons (Fsp3) is 0.464. The molecule has 2 fully saturated rings. The molecule has 192 valence electrons. The van der Waals surface area contributed by atoms with Gasteiger partial charge in [0, 0.05) is 25.0 Å². The molecule has 0 bridgehead atoms. The predicted molar refractivity (Wildman–Crippen MR) is 142 cm³/mol. The van der Waals surface area contributed by atoms with Gasteiger partial charge in [0.2, 0.25) is 11.9 Å². The van der Waals surface area contributed by atoms with Gasteiger partial charge in [-0.2, -0.15) is 5.21 Å². The monoisotopic (exact) mass is 498 g/mol. The Labute approximate surface area is 216 Å². The van der Waals surface area contributed by atoms with E-state index in [1.807, 2.05) is 18.2 Å². The van der Waals surface area contributed by atoms with Crippen molar-refractivity contribution in [3.8, 4) is 0 Å². The topological polar surface area (TPSA) is 115 Å². The van der Waals surface area contributed by atoms with Gasteiger partial charge in [-0.25, -0.2) is 4.98 Å². The normalized spacial score (nSPS) is 17.9. The lowest BCUT2D eigenvalue weighted by Crippen LogP contribution is -2.43. The summed E-state index contributed by atoms with van der Waals surface area (Å²) >= 11 is 0. The number of benzene rings is 2. The van der Waals surface area contributed by atoms with Crippen molar-refractivity contribution in [2.45, 2.75) is 64.3 Å². The van der Waals surface area contributed by atoms with Gasteiger partial charge >= 0.3 is 0 Å². The number of imidazole rings is 1. The molecule has 4 aromatic rings. The molecule has 1 atom stereocenters. The second kappa shape index (κ2) is 9.95. The summed E-state index contributed by atoms with van der Waals surface area (Å²) in [7, 11) is 0. The summed E-state index contributed by atoms with van der Waals surface area (Å²) in [5.74, 6) is 1.61. The number of hydrogen-bond donors (Lipinski definition) is 3. The van der Waals surface area contributed by atoms with Crippen molar-refractivity contribution in [1.29, 1.82) is 0 Å². The third-order valence-corrected chi connectivity index (χ3v) is 8.24. The standard InChI is InChI=1S/C28H34N8O/c1-17-16-22-25(23(18(17)2)24(26-32-34-35-33-26)19-8-4-3-5-9-19)31-28(30-22)36-14-12-20(13-15-36)27(37)29-21-10-6-7-11-21/h3-5,8-9,16,20-21,24H,6-7,10-15H2,1-2H3,(H,29,37)(H,30,31)(H,32,33,34,35). The number of carbonyl (C=O) groups excluding carboxylic acids is 1. The molecule has 37 heavy (non-hydrogen) atoms. The van der Waals surface area contributed by atoms with Gasteiger partial charge in [-0.15, -0.1) is 10.2 Å². The van der Waals surface area contributed by atoms with Crippen LogP contribution in [0.2, 0.25) is 0 Å². The van der Waals surface area contributed by atoms with Crippen LogP contribution in [0, 0.1) is 19.8 Å². The Hall–Kier alpha value is -3.75. The average Bonchev–Trinajstić information content (AvgIpc) is 3.70. The van der Waals surface area contributed by atoms with Crippen molar-refractivity contribution in [2.24, 2.45) is 5.92 Å². The number of aryl methyl sites for hydroxylation is 1. The summed E-state index contributed by atoms with van der Waals surface area (Å²) in [6.45, 7) is 5.89. The lowest BCUT2D eigenvalue weighted by Gasteiger charge is -2.31. The van der Waals surface area contributed by atoms with E-state index in [0.29, 0.717) is 11.9 Å². The number of hydrogen-bond acceptors (Lipinski definition) is 6. The molecule has 1 aliphatic heterocycles. The zero-order valence-electron chi connectivity index (χ0n) is 21.5. The van der Waals surface area contributed by atoms with Gasteiger partial charge in [-0.3, -0.25) is 4.79 Å². The van der Waals surface area contributed by atoms with Gasteiger partial charge in [-0.1, -0.05) is 48.4 Å². The minimum absolute atomic E-state index is 0.0852.